The number of halogens is 2. The van der Waals surface area contributed by atoms with Gasteiger partial charge in [-0.05, 0) is 72.5 Å². The number of carbonyl (C=O) groups excluding carboxylic acids is 2. The Bertz CT molecular complexity index is 1640. The minimum Gasteiger partial charge on any atom is -1.00 e. The summed E-state index contributed by atoms with van der Waals surface area (Å²) in [5, 5.41) is 3.73. The summed E-state index contributed by atoms with van der Waals surface area (Å²) in [5.74, 6) is 0.260. The van der Waals surface area contributed by atoms with Gasteiger partial charge in [0, 0.05) is 24.5 Å². The van der Waals surface area contributed by atoms with Crippen LogP contribution in [0.25, 0.3) is 0 Å². The highest BCUT2D eigenvalue weighted by atomic mass is 35.5. The number of rotatable bonds is 6. The first-order chi connectivity index (χ1) is 21.6. The maximum absolute atomic E-state index is 13.9. The van der Waals surface area contributed by atoms with Gasteiger partial charge < -0.3 is 22.2 Å². The number of fused-ring (bicyclic) bond motifs is 2. The molecule has 45 heavy (non-hydrogen) atoms. The van der Waals surface area contributed by atoms with Gasteiger partial charge in [0.1, 0.15) is 29.1 Å². The number of benzene rings is 5. The normalized spacial score (nSPS) is 13.2. The molecule has 4 nitrogen and oxygen atoms in total. The number of hydrogen-bond donors (Lipinski definition) is 0. The molecule has 0 saturated heterocycles. The van der Waals surface area contributed by atoms with Gasteiger partial charge in [0.25, 0.3) is 5.91 Å². The summed E-state index contributed by atoms with van der Waals surface area (Å²) < 4.78 is 0. The molecular weight excluding hydrogens is 618 g/mol. The van der Waals surface area contributed by atoms with Crippen LogP contribution in [-0.4, -0.2) is 36.9 Å². The van der Waals surface area contributed by atoms with Crippen LogP contribution in [0.1, 0.15) is 11.1 Å². The van der Waals surface area contributed by atoms with Gasteiger partial charge in [0.05, 0.1) is 0 Å². The number of nitrogens with zero attached hydrogens (tertiary/aromatic N) is 2. The lowest BCUT2D eigenvalue weighted by Crippen LogP contribution is -3.00. The second kappa shape index (κ2) is 14.9. The van der Waals surface area contributed by atoms with E-state index in [0.29, 0.717) is 6.16 Å². The van der Waals surface area contributed by atoms with Crippen LogP contribution in [0.15, 0.2) is 140 Å². The fourth-order valence-corrected chi connectivity index (χ4v) is 10.5. The third-order valence-electron chi connectivity index (χ3n) is 8.45. The predicted molar refractivity (Wildman–Crippen MR) is 186 cm³/mol. The average molecular weight is 654 g/mol. The first-order valence-corrected chi connectivity index (χ1v) is 17.5. The van der Waals surface area contributed by atoms with Crippen molar-refractivity contribution in [2.45, 2.75) is 12.8 Å². The summed E-state index contributed by atoms with van der Waals surface area (Å²) in [7, 11) is -2.16. The molecule has 7 rings (SSSR count). The number of hydrogen-bond acceptors (Lipinski definition) is 2. The maximum Gasteiger partial charge on any atom is 0.265 e. The molecule has 0 N–H and O–H groups in total. The van der Waals surface area contributed by atoms with Crippen molar-refractivity contribution in [1.29, 1.82) is 0 Å². The summed E-state index contributed by atoms with van der Waals surface area (Å²) in [4.78, 5) is 29.0. The largest absolute Gasteiger partial charge is 1.00 e. The van der Waals surface area contributed by atoms with Crippen LogP contribution in [0.2, 0.25) is 0 Å². The van der Waals surface area contributed by atoms with Crippen molar-refractivity contribution < 1.29 is 22.0 Å². The van der Waals surface area contributed by atoms with E-state index in [9.17, 15) is 9.59 Å². The molecule has 0 spiro atoms. The number of para-hydroxylation sites is 2. The van der Waals surface area contributed by atoms with E-state index in [4.69, 9.17) is 11.6 Å². The van der Waals surface area contributed by atoms with Gasteiger partial charge >= 0.3 is 0 Å². The van der Waals surface area contributed by atoms with Gasteiger partial charge in [0.15, 0.2) is 6.16 Å². The SMILES string of the molecule is O=C(CCl)N1CCc2ccccc21.O=C(C[P+](c1ccccc1)(c1ccccc1)c1ccccc1)N1CCc2ccccc21.[Cl-]. The van der Waals surface area contributed by atoms with E-state index in [1.165, 1.54) is 27.0 Å². The molecule has 2 aliphatic heterocycles. The summed E-state index contributed by atoms with van der Waals surface area (Å²) >= 11 is 5.51. The summed E-state index contributed by atoms with van der Waals surface area (Å²) in [5.41, 5.74) is 4.59. The van der Waals surface area contributed by atoms with Gasteiger partial charge in [-0.3, -0.25) is 9.59 Å². The minimum atomic E-state index is -2.16. The van der Waals surface area contributed by atoms with Crippen LogP contribution in [0.4, 0.5) is 11.4 Å². The Hall–Kier alpha value is -3.95. The van der Waals surface area contributed by atoms with Crippen molar-refractivity contribution in [3.05, 3.63) is 151 Å². The molecule has 7 heteroatoms. The second-order valence-electron chi connectivity index (χ2n) is 11.0. The summed E-state index contributed by atoms with van der Waals surface area (Å²) in [6, 6.07) is 48.1. The third-order valence-corrected chi connectivity index (χ3v) is 13.0. The van der Waals surface area contributed by atoms with Crippen LogP contribution in [0.5, 0.6) is 0 Å². The van der Waals surface area contributed by atoms with E-state index in [1.54, 1.807) is 4.90 Å². The molecule has 0 saturated carbocycles. The molecule has 0 radical (unpaired) electrons. The van der Waals surface area contributed by atoms with Crippen LogP contribution in [0.3, 0.4) is 0 Å². The third kappa shape index (κ3) is 6.70. The summed E-state index contributed by atoms with van der Waals surface area (Å²) in [6.45, 7) is 1.53. The highest BCUT2D eigenvalue weighted by Gasteiger charge is 2.48. The molecule has 0 atom stereocenters. The van der Waals surface area contributed by atoms with Crippen LogP contribution in [-0.2, 0) is 22.4 Å². The zero-order chi connectivity index (χ0) is 30.4. The molecule has 2 aliphatic rings. The fraction of sp³-hybridized carbons (Fsp3) is 0.158. The number of anilines is 2. The number of carbonyl (C=O) groups is 2. The maximum atomic E-state index is 13.9. The van der Waals surface area contributed by atoms with E-state index in [0.717, 1.165) is 37.3 Å². The molecule has 2 amide bonds. The molecule has 5 aromatic carbocycles. The topological polar surface area (TPSA) is 40.6 Å². The quantitative estimate of drug-likeness (QED) is 0.209. The van der Waals surface area contributed by atoms with Crippen molar-refractivity contribution in [2.75, 3.05) is 34.9 Å². The van der Waals surface area contributed by atoms with Gasteiger partial charge in [-0.25, -0.2) is 0 Å². The zero-order valence-electron chi connectivity index (χ0n) is 24.9. The van der Waals surface area contributed by atoms with Gasteiger partial charge in [0.2, 0.25) is 5.91 Å². The Morgan fingerprint density at radius 1 is 0.533 bits per heavy atom. The van der Waals surface area contributed by atoms with Crippen molar-refractivity contribution in [3.63, 3.8) is 0 Å². The zero-order valence-corrected chi connectivity index (χ0v) is 27.3. The van der Waals surface area contributed by atoms with Gasteiger partial charge in [-0.15, -0.1) is 11.6 Å². The fourth-order valence-electron chi connectivity index (χ4n) is 6.32. The van der Waals surface area contributed by atoms with Crippen molar-refractivity contribution in [1.82, 2.24) is 0 Å². The van der Waals surface area contributed by atoms with Crippen molar-refractivity contribution in [3.8, 4) is 0 Å². The monoisotopic (exact) mass is 652 g/mol. The first-order valence-electron chi connectivity index (χ1n) is 15.0. The molecule has 0 aromatic heterocycles. The Kier molecular flexibility index (Phi) is 10.7. The number of amides is 2. The molecule has 2 heterocycles. The standard InChI is InChI=1S/C28H25NOP.C10H10ClNO.ClH/c30-28(29-21-20-23-12-10-11-19-27(23)29)22-31(24-13-4-1-5-14-24,25-15-6-2-7-16-25)26-17-8-3-9-18-26;11-7-10(13)12-6-5-8-3-1-2-4-9(8)12;/h1-19H,20-22H2;1-4H,5-7H2;1H/q+1;;/p-1. The molecule has 0 aliphatic carbocycles. The Labute approximate surface area is 277 Å². The predicted octanol–water partition coefficient (Wildman–Crippen LogP) is 3.39. The lowest BCUT2D eigenvalue weighted by Gasteiger charge is -2.29. The van der Waals surface area contributed by atoms with Crippen molar-refractivity contribution in [2.24, 2.45) is 0 Å². The highest BCUT2D eigenvalue weighted by molar-refractivity contribution is 7.96. The number of alkyl halides is 1. The summed E-state index contributed by atoms with van der Waals surface area (Å²) in [6.07, 6.45) is 2.35. The van der Waals surface area contributed by atoms with E-state index >= 15 is 0 Å². The molecule has 228 valence electrons. The Balaban J connectivity index is 0.000000240. The first kappa shape index (κ1) is 32.4. The van der Waals surface area contributed by atoms with E-state index in [1.807, 2.05) is 47.4 Å². The Morgan fingerprint density at radius 2 is 0.889 bits per heavy atom. The van der Waals surface area contributed by atoms with Gasteiger partial charge in [-0.1, -0.05) is 91.0 Å². The molecule has 0 bridgehead atoms. The molecular formula is C38H35Cl2N2O2P. The second-order valence-corrected chi connectivity index (χ2v) is 14.7. The lowest BCUT2D eigenvalue weighted by atomic mass is 10.2. The smallest absolute Gasteiger partial charge is 0.265 e. The highest BCUT2D eigenvalue weighted by Crippen LogP contribution is 2.55. The Morgan fingerprint density at radius 3 is 1.29 bits per heavy atom. The minimum absolute atomic E-state index is 0. The van der Waals surface area contributed by atoms with Crippen LogP contribution in [0, 0.1) is 0 Å². The van der Waals surface area contributed by atoms with E-state index in [-0.39, 0.29) is 30.1 Å². The molecule has 0 fully saturated rings. The van der Waals surface area contributed by atoms with Gasteiger partial charge in [-0.2, -0.15) is 0 Å². The average Bonchev–Trinajstić information content (AvgIpc) is 3.73. The van der Waals surface area contributed by atoms with Crippen molar-refractivity contribution >= 4 is 58.0 Å². The lowest BCUT2D eigenvalue weighted by molar-refractivity contribution is -0.117. The van der Waals surface area contributed by atoms with Crippen LogP contribution < -0.4 is 38.1 Å². The van der Waals surface area contributed by atoms with Crippen LogP contribution >= 0.6 is 18.9 Å². The molecule has 0 unspecified atom stereocenters. The van der Waals surface area contributed by atoms with E-state index < -0.39 is 7.26 Å². The molecule has 5 aromatic rings. The van der Waals surface area contributed by atoms with E-state index in [2.05, 4.69) is 97.1 Å².